The number of fused-ring (bicyclic) bond motifs is 1. The molecule has 1 aliphatic rings. The van der Waals surface area contributed by atoms with Crippen LogP contribution in [-0.4, -0.2) is 175 Å². The number of carbonyl (C=O) groups excluding carboxylic acids is 14. The lowest BCUT2D eigenvalue weighted by molar-refractivity contribution is -0.141. The minimum absolute atomic E-state index is 0. The second kappa shape index (κ2) is 47.2. The highest BCUT2D eigenvalue weighted by Crippen LogP contribution is 2.29. The largest absolute Gasteiger partial charge is 0.508 e. The van der Waals surface area contributed by atoms with E-state index in [1.807, 2.05) is 71.0 Å². The number of benzene rings is 3. The number of aromatic nitrogens is 1. The Morgan fingerprint density at radius 2 is 1.28 bits per heavy atom. The molecule has 0 spiro atoms. The first-order chi connectivity index (χ1) is 54.2. The maximum atomic E-state index is 15.5. The number of Topliss-reactive ketones (excluding diaryl/α,β-unsaturated/α-hetero) is 3. The van der Waals surface area contributed by atoms with E-state index in [1.54, 1.807) is 55.6 Å². The quantitative estimate of drug-likeness (QED) is 0.0182. The van der Waals surface area contributed by atoms with Crippen molar-refractivity contribution in [3.8, 4) is 5.75 Å². The molecule has 0 fully saturated rings. The van der Waals surface area contributed by atoms with Crippen LogP contribution in [0.25, 0.3) is 10.9 Å². The van der Waals surface area contributed by atoms with E-state index in [2.05, 4.69) is 63.5 Å². The van der Waals surface area contributed by atoms with Crippen molar-refractivity contribution in [1.82, 2.24) is 63.5 Å². The van der Waals surface area contributed by atoms with Crippen LogP contribution >= 0.6 is 0 Å². The number of carbonyl (C=O) groups is 14. The Balaban J connectivity index is 0.0000283. The van der Waals surface area contributed by atoms with E-state index in [0.29, 0.717) is 74.5 Å². The molecule has 4 unspecified atom stereocenters. The van der Waals surface area contributed by atoms with Crippen LogP contribution in [0, 0.1) is 23.7 Å². The molecule has 3 aromatic carbocycles. The number of aliphatic hydroxyl groups excluding tert-OH is 1. The van der Waals surface area contributed by atoms with Crippen LogP contribution in [0.1, 0.15) is 224 Å². The fourth-order valence-corrected chi connectivity index (χ4v) is 14.0. The molecule has 0 saturated heterocycles. The third kappa shape index (κ3) is 31.1. The highest BCUT2D eigenvalue weighted by Gasteiger charge is 2.44. The predicted octanol–water partition coefficient (Wildman–Crippen LogP) is 6.56. The van der Waals surface area contributed by atoms with Crippen molar-refractivity contribution in [2.24, 2.45) is 29.4 Å². The number of primary amides is 1. The molecule has 5 rings (SSSR count). The predicted molar refractivity (Wildman–Crippen MR) is 445 cm³/mol. The van der Waals surface area contributed by atoms with Gasteiger partial charge in [-0.15, -0.1) is 0 Å². The van der Waals surface area contributed by atoms with Crippen LogP contribution in [-0.2, 0) is 86.4 Å². The summed E-state index contributed by atoms with van der Waals surface area (Å²) in [6.45, 7) is 22.2. The SMILES string of the molecule is C.CCCC[C@H](CNC(C)C(=O)C(=O)C(C)NC(=O)[C@]1(C)CCC/C=C/CCCCCC[C@@](C)(NC(=O)[C@H](Cc2ccccc2)NC(=O)[C@@H](NC(=O)[C@H](CC(C)C)NC(C)=O)[C@@H](C)O)C(=O)NC(C)C(=O)N[C@@H](Cc2ccc(O)cc2)C(=O)N[C@@](C)(Cc2c[nH]c3ccccc23)C(=O)CC[C@@H](CC(C)C)C(=O)N1)C(=O)NC(C)C(N)=O. The van der Waals surface area contributed by atoms with Gasteiger partial charge in [0.05, 0.1) is 29.6 Å². The van der Waals surface area contributed by atoms with Gasteiger partial charge in [0.15, 0.2) is 5.78 Å². The third-order valence-electron chi connectivity index (χ3n) is 21.1. The molecule has 16 N–H and O–H groups in total. The van der Waals surface area contributed by atoms with Crippen molar-refractivity contribution in [3.63, 3.8) is 0 Å². The molecule has 0 radical (unpaired) electrons. The maximum absolute atomic E-state index is 15.5. The van der Waals surface area contributed by atoms with E-state index in [0.717, 1.165) is 17.3 Å². The Hall–Kier alpha value is -10.2. The first kappa shape index (κ1) is 98.2. The van der Waals surface area contributed by atoms with E-state index in [-0.39, 0.29) is 89.3 Å². The number of amides is 11. The van der Waals surface area contributed by atoms with Crippen LogP contribution < -0.4 is 64.2 Å². The zero-order chi connectivity index (χ0) is 85.5. The van der Waals surface area contributed by atoms with Crippen LogP contribution in [0.2, 0.25) is 0 Å². The molecular weight excluding hydrogens is 1480 g/mol. The van der Waals surface area contributed by atoms with Gasteiger partial charge in [0.1, 0.15) is 53.1 Å². The molecule has 11 amide bonds. The van der Waals surface area contributed by atoms with E-state index in [4.69, 9.17) is 5.73 Å². The highest BCUT2D eigenvalue weighted by molar-refractivity contribution is 6.41. The molecule has 640 valence electrons. The molecule has 0 aliphatic carbocycles. The Morgan fingerprint density at radius 3 is 1.91 bits per heavy atom. The van der Waals surface area contributed by atoms with E-state index in [1.165, 1.54) is 67.5 Å². The van der Waals surface area contributed by atoms with Crippen LogP contribution in [0.4, 0.5) is 0 Å². The second-order valence-electron chi connectivity index (χ2n) is 32.6. The number of unbranched alkanes of at least 4 members (excludes halogenated alkanes) is 1. The van der Waals surface area contributed by atoms with Gasteiger partial charge >= 0.3 is 0 Å². The molecule has 1 aromatic heterocycles. The molecule has 14 atom stereocenters. The van der Waals surface area contributed by atoms with E-state index in [9.17, 15) is 53.4 Å². The van der Waals surface area contributed by atoms with Crippen LogP contribution in [0.15, 0.2) is 97.2 Å². The smallest absolute Gasteiger partial charge is 0.246 e. The number of allylic oxidation sites excluding steroid dienone is 2. The number of aliphatic hydroxyl groups is 1. The first-order valence-electron chi connectivity index (χ1n) is 40.6. The minimum Gasteiger partial charge on any atom is -0.508 e. The fourth-order valence-electron chi connectivity index (χ4n) is 14.0. The van der Waals surface area contributed by atoms with Crippen LogP contribution in [0.3, 0.4) is 0 Å². The number of hydrogen-bond acceptors (Lipinski definition) is 17. The summed E-state index contributed by atoms with van der Waals surface area (Å²) in [5.41, 5.74) is 2.53. The van der Waals surface area contributed by atoms with Crippen molar-refractivity contribution in [1.29, 1.82) is 0 Å². The summed E-state index contributed by atoms with van der Waals surface area (Å²) in [5.74, 6) is -12.2. The van der Waals surface area contributed by atoms with Crippen molar-refractivity contribution in [2.45, 2.75) is 297 Å². The monoisotopic (exact) mass is 1610 g/mol. The van der Waals surface area contributed by atoms with E-state index >= 15 is 24.0 Å². The van der Waals surface area contributed by atoms with E-state index < -0.39 is 165 Å². The van der Waals surface area contributed by atoms with Gasteiger partial charge in [0, 0.05) is 62.2 Å². The normalized spacial score (nSPS) is 22.4. The molecule has 4 aromatic rings. The number of H-pyrrole nitrogens is 1. The van der Waals surface area contributed by atoms with Gasteiger partial charge in [-0.1, -0.05) is 147 Å². The fraction of sp³-hybridized carbons (Fsp3) is 0.586. The van der Waals surface area contributed by atoms with Gasteiger partial charge in [-0.05, 0) is 166 Å². The molecule has 29 nitrogen and oxygen atoms in total. The summed E-state index contributed by atoms with van der Waals surface area (Å²) in [6.07, 6.45) is 9.27. The number of aromatic hydroxyl groups is 1. The molecular formula is C87H131N13O16. The number of phenols is 1. The van der Waals surface area contributed by atoms with Crippen LogP contribution in [0.5, 0.6) is 5.75 Å². The van der Waals surface area contributed by atoms with Gasteiger partial charge in [0.2, 0.25) is 76.5 Å². The summed E-state index contributed by atoms with van der Waals surface area (Å²) in [6, 6.07) is 11.5. The van der Waals surface area contributed by atoms with Gasteiger partial charge in [-0.3, -0.25) is 67.1 Å². The summed E-state index contributed by atoms with van der Waals surface area (Å²) in [4.78, 5) is 202. The Labute approximate surface area is 683 Å². The van der Waals surface area contributed by atoms with Crippen molar-refractivity contribution < 1.29 is 77.3 Å². The number of phenolic OH excluding ortho intramolecular Hbond substituents is 1. The Kier molecular flexibility index (Phi) is 39.9. The lowest BCUT2D eigenvalue weighted by atomic mass is 9.82. The molecule has 1 aliphatic heterocycles. The molecule has 29 heteroatoms. The molecule has 0 bridgehead atoms. The number of ketones is 3. The summed E-state index contributed by atoms with van der Waals surface area (Å²) in [5, 5.41) is 52.7. The summed E-state index contributed by atoms with van der Waals surface area (Å²) in [7, 11) is 0. The van der Waals surface area contributed by atoms with Crippen molar-refractivity contribution in [2.75, 3.05) is 6.54 Å². The maximum Gasteiger partial charge on any atom is 0.246 e. The molecule has 116 heavy (non-hydrogen) atoms. The third-order valence-corrected chi connectivity index (χ3v) is 21.1. The first-order valence-corrected chi connectivity index (χ1v) is 40.6. The number of nitrogens with one attached hydrogen (secondary N) is 12. The zero-order valence-corrected chi connectivity index (χ0v) is 69.6. The number of hydrogen-bond donors (Lipinski definition) is 15. The number of rotatable bonds is 32. The standard InChI is InChI=1S/C86H127N13O16.CH4/c1-15-16-33-62(76(108)90-55(8)74(87)106)49-88-53(6)72(104)73(105)54(7)91-82(114)84(12)42-29-22-20-18-17-19-21-23-30-43-85(13,98-79(111)69(46-59-31-25-24-26-32-59)95-81(113)71(57(10)100)96-78(110)67(45-52(4)5)93-58(11)101)83(115)92-56(9)75(107)94-68(47-60-36-39-64(102)40-37-60)80(112)99-86(14,48-63-50-89-66-35-28-27-34-65(63)66)70(103)41-38-61(44-51(2)3)77(109)97-84;/h18,20,24-28,31-32,34-37,39-40,50-57,61-62,67-69,71,88-89,100,102H,15-17,19,21-23,29-30,33,38,41-49H2,1-14H3,(H2,87,106)(H,90,108)(H,91,114)(H,92,115)(H,93,101)(H,94,107)(H,95,113)(H,96,110)(H,97,109)(H,98,111)(H,99,112);1H4/b20-18+;/t53?,54?,55?,56?,57-,61+,62-,67+,68+,69+,71+,84+,85-,86+;/m1./s1. The molecule has 0 saturated carbocycles. The number of aromatic amines is 1. The zero-order valence-electron chi connectivity index (χ0n) is 69.6. The van der Waals surface area contributed by atoms with Gasteiger partial charge in [-0.25, -0.2) is 0 Å². The average molecular weight is 1620 g/mol. The summed E-state index contributed by atoms with van der Waals surface area (Å²) < 4.78 is 0. The molecule has 2 heterocycles. The van der Waals surface area contributed by atoms with Gasteiger partial charge < -0.3 is 79.4 Å². The summed E-state index contributed by atoms with van der Waals surface area (Å²) >= 11 is 0. The van der Waals surface area contributed by atoms with Gasteiger partial charge in [0.25, 0.3) is 0 Å². The highest BCUT2D eigenvalue weighted by atomic mass is 16.3. The minimum atomic E-state index is -1.82. The Morgan fingerprint density at radius 1 is 0.638 bits per heavy atom. The second-order valence-corrected chi connectivity index (χ2v) is 32.6. The van der Waals surface area contributed by atoms with Crippen molar-refractivity contribution in [3.05, 3.63) is 114 Å². The number of nitrogens with two attached hydrogens (primary N) is 1. The lowest BCUT2D eigenvalue weighted by Crippen LogP contribution is -2.65. The van der Waals surface area contributed by atoms with Gasteiger partial charge in [-0.2, -0.15) is 0 Å². The average Bonchev–Trinajstić information content (AvgIpc) is 1.55. The van der Waals surface area contributed by atoms with Crippen molar-refractivity contribution >= 4 is 93.2 Å². The number of para-hydroxylation sites is 1. The lowest BCUT2D eigenvalue weighted by Gasteiger charge is -2.34. The topological polar surface area (TPSA) is 454 Å². The Bertz CT molecular complexity index is 4010.